The summed E-state index contributed by atoms with van der Waals surface area (Å²) in [6.45, 7) is 3.86. The third-order valence-corrected chi connectivity index (χ3v) is 5.16. The molecule has 0 unspecified atom stereocenters. The lowest BCUT2D eigenvalue weighted by molar-refractivity contribution is 0.0911. The molecule has 0 bridgehead atoms. The van der Waals surface area contributed by atoms with Gasteiger partial charge in [0.05, 0.1) is 0 Å². The smallest absolute Gasteiger partial charge is 0.271 e. The van der Waals surface area contributed by atoms with Gasteiger partial charge in [-0.15, -0.1) is 11.3 Å². The highest BCUT2D eigenvalue weighted by Crippen LogP contribution is 2.18. The summed E-state index contributed by atoms with van der Waals surface area (Å²) < 4.78 is 0. The molecule has 2 aromatic rings. The lowest BCUT2D eigenvalue weighted by Gasteiger charge is -2.29. The third-order valence-electron chi connectivity index (χ3n) is 4.40. The molecule has 132 valence electrons. The first-order valence-electron chi connectivity index (χ1n) is 8.35. The quantitative estimate of drug-likeness (QED) is 0.881. The number of hydrogen-bond donors (Lipinski definition) is 2. The van der Waals surface area contributed by atoms with Crippen LogP contribution in [0.2, 0.25) is 0 Å². The van der Waals surface area contributed by atoms with Crippen LogP contribution in [-0.4, -0.2) is 47.9 Å². The number of nitrogens with zero attached hydrogens (tertiary/aromatic N) is 2. The van der Waals surface area contributed by atoms with Gasteiger partial charge in [0.1, 0.15) is 5.69 Å². The molecule has 0 spiro atoms. The van der Waals surface area contributed by atoms with E-state index in [9.17, 15) is 9.59 Å². The Balaban J connectivity index is 1.59. The third kappa shape index (κ3) is 4.43. The summed E-state index contributed by atoms with van der Waals surface area (Å²) >= 11 is 1.26. The van der Waals surface area contributed by atoms with E-state index < -0.39 is 0 Å². The van der Waals surface area contributed by atoms with Crippen LogP contribution in [0, 0.1) is 6.92 Å². The minimum absolute atomic E-state index is 0.179. The van der Waals surface area contributed by atoms with Crippen molar-refractivity contribution in [3.63, 3.8) is 0 Å². The topological polar surface area (TPSA) is 74.3 Å². The van der Waals surface area contributed by atoms with E-state index in [2.05, 4.69) is 27.6 Å². The standard InChI is InChI=1S/C18H22N4O2S/c1-12-5-3-4-6-14(12)16(23)21-18-20-15(11-25-18)17(24)19-13-7-9-22(2)10-8-13/h3-6,11,13H,7-10H2,1-2H3,(H,19,24)(H,20,21,23). The first-order valence-corrected chi connectivity index (χ1v) is 9.23. The van der Waals surface area contributed by atoms with Crippen molar-refractivity contribution in [1.29, 1.82) is 0 Å². The molecule has 0 saturated carbocycles. The van der Waals surface area contributed by atoms with Crippen molar-refractivity contribution in [1.82, 2.24) is 15.2 Å². The summed E-state index contributed by atoms with van der Waals surface area (Å²) in [6, 6.07) is 7.56. The number of nitrogens with one attached hydrogen (secondary N) is 2. The van der Waals surface area contributed by atoms with Gasteiger partial charge in [-0.05, 0) is 51.5 Å². The summed E-state index contributed by atoms with van der Waals surface area (Å²) in [5, 5.41) is 7.91. The number of carbonyl (C=O) groups is 2. The van der Waals surface area contributed by atoms with E-state index in [4.69, 9.17) is 0 Å². The van der Waals surface area contributed by atoms with Crippen LogP contribution in [0.25, 0.3) is 0 Å². The van der Waals surface area contributed by atoms with Crippen LogP contribution in [0.4, 0.5) is 5.13 Å². The van der Waals surface area contributed by atoms with Gasteiger partial charge in [-0.3, -0.25) is 14.9 Å². The summed E-state index contributed by atoms with van der Waals surface area (Å²) in [5.41, 5.74) is 1.86. The molecule has 2 N–H and O–H groups in total. The van der Waals surface area contributed by atoms with Crippen LogP contribution < -0.4 is 10.6 Å². The monoisotopic (exact) mass is 358 g/mol. The van der Waals surface area contributed by atoms with Crippen molar-refractivity contribution in [2.75, 3.05) is 25.5 Å². The minimum Gasteiger partial charge on any atom is -0.348 e. The zero-order valence-electron chi connectivity index (χ0n) is 14.4. The van der Waals surface area contributed by atoms with Crippen molar-refractivity contribution in [2.24, 2.45) is 0 Å². The SMILES string of the molecule is Cc1ccccc1C(=O)Nc1nc(C(=O)NC2CCN(C)CC2)cs1. The van der Waals surface area contributed by atoms with E-state index in [-0.39, 0.29) is 17.9 Å². The molecule has 25 heavy (non-hydrogen) atoms. The Hall–Kier alpha value is -2.25. The fourth-order valence-electron chi connectivity index (χ4n) is 2.84. The van der Waals surface area contributed by atoms with E-state index >= 15 is 0 Å². The van der Waals surface area contributed by atoms with Crippen molar-refractivity contribution >= 4 is 28.3 Å². The molecule has 1 aliphatic rings. The predicted octanol–water partition coefficient (Wildman–Crippen LogP) is 2.53. The number of aromatic nitrogens is 1. The average molecular weight is 358 g/mol. The van der Waals surface area contributed by atoms with Crippen LogP contribution in [0.1, 0.15) is 39.3 Å². The van der Waals surface area contributed by atoms with Crippen molar-refractivity contribution in [2.45, 2.75) is 25.8 Å². The molecule has 6 nitrogen and oxygen atoms in total. The molecular weight excluding hydrogens is 336 g/mol. The van der Waals surface area contributed by atoms with E-state index in [1.54, 1.807) is 11.4 Å². The number of aryl methyl sites for hydroxylation is 1. The Morgan fingerprint density at radius 3 is 2.64 bits per heavy atom. The van der Waals surface area contributed by atoms with Gasteiger partial charge in [0, 0.05) is 17.0 Å². The highest BCUT2D eigenvalue weighted by atomic mass is 32.1. The molecule has 7 heteroatoms. The van der Waals surface area contributed by atoms with E-state index in [0.717, 1.165) is 31.5 Å². The second kappa shape index (κ2) is 7.76. The number of likely N-dealkylation sites (tertiary alicyclic amines) is 1. The van der Waals surface area contributed by atoms with Gasteiger partial charge in [-0.2, -0.15) is 0 Å². The highest BCUT2D eigenvalue weighted by molar-refractivity contribution is 7.14. The fourth-order valence-corrected chi connectivity index (χ4v) is 3.53. The first kappa shape index (κ1) is 17.6. The second-order valence-corrected chi connectivity index (χ2v) is 7.22. The van der Waals surface area contributed by atoms with Crippen LogP contribution in [0.3, 0.4) is 0 Å². The summed E-state index contributed by atoms with van der Waals surface area (Å²) in [4.78, 5) is 31.1. The molecule has 2 amide bonds. The van der Waals surface area contributed by atoms with Crippen molar-refractivity contribution < 1.29 is 9.59 Å². The number of piperidine rings is 1. The number of benzene rings is 1. The number of hydrogen-bond acceptors (Lipinski definition) is 5. The van der Waals surface area contributed by atoms with Crippen molar-refractivity contribution in [3.05, 3.63) is 46.5 Å². The molecule has 1 aliphatic heterocycles. The Morgan fingerprint density at radius 2 is 1.92 bits per heavy atom. The van der Waals surface area contributed by atoms with Crippen LogP contribution in [-0.2, 0) is 0 Å². The van der Waals surface area contributed by atoms with Crippen LogP contribution >= 0.6 is 11.3 Å². The largest absolute Gasteiger partial charge is 0.348 e. The summed E-state index contributed by atoms with van der Waals surface area (Å²) in [5.74, 6) is -0.392. The number of anilines is 1. The van der Waals surface area contributed by atoms with Crippen LogP contribution in [0.15, 0.2) is 29.6 Å². The van der Waals surface area contributed by atoms with Gasteiger partial charge < -0.3 is 10.2 Å². The van der Waals surface area contributed by atoms with Crippen molar-refractivity contribution in [3.8, 4) is 0 Å². The number of carbonyl (C=O) groups excluding carboxylic acids is 2. The summed E-state index contributed by atoms with van der Waals surface area (Å²) in [7, 11) is 2.09. The first-order chi connectivity index (χ1) is 12.0. The highest BCUT2D eigenvalue weighted by Gasteiger charge is 2.21. The molecular formula is C18H22N4O2S. The zero-order valence-corrected chi connectivity index (χ0v) is 15.2. The normalized spacial score (nSPS) is 15.8. The number of amides is 2. The predicted molar refractivity (Wildman–Crippen MR) is 99.2 cm³/mol. The molecule has 1 aromatic heterocycles. The maximum atomic E-state index is 12.3. The fraction of sp³-hybridized carbons (Fsp3) is 0.389. The van der Waals surface area contributed by atoms with Gasteiger partial charge in [0.15, 0.2) is 5.13 Å². The molecule has 3 rings (SSSR count). The molecule has 1 fully saturated rings. The maximum Gasteiger partial charge on any atom is 0.271 e. The lowest BCUT2D eigenvalue weighted by Crippen LogP contribution is -2.43. The number of thiazole rings is 1. The van der Waals surface area contributed by atoms with Gasteiger partial charge in [0.2, 0.25) is 0 Å². The van der Waals surface area contributed by atoms with Gasteiger partial charge in [0.25, 0.3) is 11.8 Å². The molecule has 1 aromatic carbocycles. The van der Waals surface area contributed by atoms with E-state index in [1.165, 1.54) is 11.3 Å². The Bertz CT molecular complexity index is 766. The lowest BCUT2D eigenvalue weighted by atomic mass is 10.1. The number of rotatable bonds is 4. The molecule has 1 saturated heterocycles. The minimum atomic E-state index is -0.213. The molecule has 0 atom stereocenters. The molecule has 0 aliphatic carbocycles. The second-order valence-electron chi connectivity index (χ2n) is 6.36. The van der Waals surface area contributed by atoms with Gasteiger partial charge in [-0.25, -0.2) is 4.98 Å². The van der Waals surface area contributed by atoms with Crippen LogP contribution in [0.5, 0.6) is 0 Å². The van der Waals surface area contributed by atoms with E-state index in [0.29, 0.717) is 16.4 Å². The van der Waals surface area contributed by atoms with Gasteiger partial charge in [-0.1, -0.05) is 18.2 Å². The van der Waals surface area contributed by atoms with E-state index in [1.807, 2.05) is 25.1 Å². The average Bonchev–Trinajstić information content (AvgIpc) is 3.06. The Morgan fingerprint density at radius 1 is 1.20 bits per heavy atom. The summed E-state index contributed by atoms with van der Waals surface area (Å²) in [6.07, 6.45) is 1.90. The Kier molecular flexibility index (Phi) is 5.45. The molecule has 0 radical (unpaired) electrons. The molecule has 2 heterocycles. The maximum absolute atomic E-state index is 12.3. The zero-order chi connectivity index (χ0) is 17.8. The Labute approximate surface area is 151 Å². The van der Waals surface area contributed by atoms with Gasteiger partial charge >= 0.3 is 0 Å².